The van der Waals surface area contributed by atoms with Gasteiger partial charge in [0.05, 0.1) is 29.5 Å². The van der Waals surface area contributed by atoms with Gasteiger partial charge >= 0.3 is 6.18 Å². The quantitative estimate of drug-likeness (QED) is 0.707. The van der Waals surface area contributed by atoms with Crippen LogP contribution >= 0.6 is 0 Å². The lowest BCUT2D eigenvalue weighted by Crippen LogP contribution is -2.47. The number of halogens is 5. The van der Waals surface area contributed by atoms with Gasteiger partial charge in [-0.2, -0.15) is 18.3 Å². The minimum Gasteiger partial charge on any atom is -0.355 e. The Morgan fingerprint density at radius 1 is 1.26 bits per heavy atom. The summed E-state index contributed by atoms with van der Waals surface area (Å²) in [6, 6.07) is 2.79. The third-order valence-corrected chi connectivity index (χ3v) is 6.39. The molecule has 1 aliphatic carbocycles. The first-order valence-corrected chi connectivity index (χ1v) is 10.3. The Kier molecular flexibility index (Phi) is 5.65. The number of rotatable bonds is 4. The molecule has 2 aliphatic rings. The van der Waals surface area contributed by atoms with E-state index in [1.165, 1.54) is 4.52 Å². The first kappa shape index (κ1) is 21.9. The molecule has 1 saturated heterocycles. The molecule has 3 heterocycles. The van der Waals surface area contributed by atoms with E-state index in [0.29, 0.717) is 29.9 Å². The maximum Gasteiger partial charge on any atom is 0.393 e. The van der Waals surface area contributed by atoms with Gasteiger partial charge in [0.1, 0.15) is 0 Å². The molecule has 2 fully saturated rings. The molecule has 3 atom stereocenters. The van der Waals surface area contributed by atoms with Crippen LogP contribution in [0.5, 0.6) is 0 Å². The summed E-state index contributed by atoms with van der Waals surface area (Å²) in [5.74, 6) is -5.54. The van der Waals surface area contributed by atoms with Crippen molar-refractivity contribution in [2.24, 2.45) is 23.5 Å². The summed E-state index contributed by atoms with van der Waals surface area (Å²) in [7, 11) is 0. The standard InChI is InChI=1S/C20H24F5N5O/c21-19(22)5-3-11(4-6-19)17(26)15-10-30-16(28-15)2-1-14(29-30)8-12-7-13(20(23,24)25)9-27-18(12)31/h1-2,10-13,17H,3-9,26H2,(H,27,31)/t12-,13+,17-/m0/s1. The van der Waals surface area contributed by atoms with Gasteiger partial charge in [0.25, 0.3) is 0 Å². The lowest BCUT2D eigenvalue weighted by Gasteiger charge is -2.31. The molecule has 6 nitrogen and oxygen atoms in total. The summed E-state index contributed by atoms with van der Waals surface area (Å²) < 4.78 is 67.4. The van der Waals surface area contributed by atoms with Gasteiger partial charge in [-0.15, -0.1) is 0 Å². The Bertz CT molecular complexity index is 949. The second-order valence-corrected chi connectivity index (χ2v) is 8.63. The normalized spacial score (nSPS) is 26.1. The number of imidazole rings is 1. The highest BCUT2D eigenvalue weighted by Gasteiger charge is 2.44. The highest BCUT2D eigenvalue weighted by molar-refractivity contribution is 5.79. The molecule has 2 aromatic heterocycles. The zero-order valence-corrected chi connectivity index (χ0v) is 16.7. The molecule has 3 N–H and O–H groups in total. The van der Waals surface area contributed by atoms with Crippen LogP contribution in [0.4, 0.5) is 22.0 Å². The number of carbonyl (C=O) groups is 1. The van der Waals surface area contributed by atoms with E-state index in [1.807, 2.05) is 0 Å². The van der Waals surface area contributed by atoms with Gasteiger partial charge in [0.15, 0.2) is 5.65 Å². The van der Waals surface area contributed by atoms with Gasteiger partial charge in [0.2, 0.25) is 11.8 Å². The molecule has 0 unspecified atom stereocenters. The fraction of sp³-hybridized carbons (Fsp3) is 0.650. The summed E-state index contributed by atoms with van der Waals surface area (Å²) in [5, 5.41) is 6.71. The van der Waals surface area contributed by atoms with Crippen LogP contribution in [-0.4, -0.2) is 39.1 Å². The second-order valence-electron chi connectivity index (χ2n) is 8.63. The van der Waals surface area contributed by atoms with Crippen molar-refractivity contribution in [2.75, 3.05) is 6.54 Å². The number of carbonyl (C=O) groups excluding carboxylic acids is 1. The molecular weight excluding hydrogens is 421 g/mol. The maximum absolute atomic E-state index is 13.4. The van der Waals surface area contributed by atoms with E-state index in [2.05, 4.69) is 15.4 Å². The Labute approximate surface area is 175 Å². The van der Waals surface area contributed by atoms with Crippen LogP contribution < -0.4 is 11.1 Å². The Balaban J connectivity index is 1.47. The Morgan fingerprint density at radius 3 is 2.65 bits per heavy atom. The zero-order chi connectivity index (χ0) is 22.4. The Morgan fingerprint density at radius 2 is 1.97 bits per heavy atom. The molecule has 1 aliphatic heterocycles. The van der Waals surface area contributed by atoms with Gasteiger partial charge < -0.3 is 11.1 Å². The van der Waals surface area contributed by atoms with Crippen molar-refractivity contribution in [2.45, 2.75) is 56.7 Å². The van der Waals surface area contributed by atoms with E-state index in [0.717, 1.165) is 0 Å². The van der Waals surface area contributed by atoms with E-state index in [1.54, 1.807) is 18.3 Å². The summed E-state index contributed by atoms with van der Waals surface area (Å²) in [5.41, 5.74) is 7.77. The number of piperidine rings is 1. The van der Waals surface area contributed by atoms with Crippen molar-refractivity contribution in [1.29, 1.82) is 0 Å². The first-order chi connectivity index (χ1) is 14.5. The van der Waals surface area contributed by atoms with E-state index >= 15 is 0 Å². The molecule has 1 amide bonds. The number of nitrogens with zero attached hydrogens (tertiary/aromatic N) is 3. The van der Waals surface area contributed by atoms with Crippen molar-refractivity contribution in [3.8, 4) is 0 Å². The van der Waals surface area contributed by atoms with Crippen LogP contribution in [0.15, 0.2) is 18.3 Å². The highest BCUT2D eigenvalue weighted by atomic mass is 19.4. The van der Waals surface area contributed by atoms with E-state index in [4.69, 9.17) is 5.73 Å². The molecule has 31 heavy (non-hydrogen) atoms. The van der Waals surface area contributed by atoms with Crippen molar-refractivity contribution in [1.82, 2.24) is 19.9 Å². The predicted octanol–water partition coefficient (Wildman–Crippen LogP) is 3.41. The van der Waals surface area contributed by atoms with Crippen molar-refractivity contribution >= 4 is 11.6 Å². The average Bonchev–Trinajstić information content (AvgIpc) is 3.11. The lowest BCUT2D eigenvalue weighted by atomic mass is 9.81. The second kappa shape index (κ2) is 7.99. The van der Waals surface area contributed by atoms with Crippen LogP contribution in [0.2, 0.25) is 0 Å². The topological polar surface area (TPSA) is 85.3 Å². The summed E-state index contributed by atoms with van der Waals surface area (Å²) in [6.45, 7) is -0.402. The van der Waals surface area contributed by atoms with Crippen LogP contribution in [0.1, 0.15) is 49.5 Å². The summed E-state index contributed by atoms with van der Waals surface area (Å²) in [4.78, 5) is 16.5. The number of aromatic nitrogens is 3. The third kappa shape index (κ3) is 4.81. The molecule has 0 radical (unpaired) electrons. The van der Waals surface area contributed by atoms with Crippen molar-refractivity contribution in [3.05, 3.63) is 29.7 Å². The molecule has 4 rings (SSSR count). The maximum atomic E-state index is 13.4. The molecule has 0 spiro atoms. The highest BCUT2D eigenvalue weighted by Crippen LogP contribution is 2.40. The first-order valence-electron chi connectivity index (χ1n) is 10.3. The summed E-state index contributed by atoms with van der Waals surface area (Å²) >= 11 is 0. The van der Waals surface area contributed by atoms with Gasteiger partial charge in [-0.3, -0.25) is 4.79 Å². The van der Waals surface area contributed by atoms with Crippen molar-refractivity contribution < 1.29 is 26.7 Å². The number of hydrogen-bond donors (Lipinski definition) is 2. The SMILES string of the molecule is N[C@H](c1cn2nc(C[C@@H]3C[C@@H](C(F)(F)F)CNC3=O)ccc2n1)C1CCC(F)(F)CC1. The molecule has 0 bridgehead atoms. The average molecular weight is 445 g/mol. The number of fused-ring (bicyclic) bond motifs is 1. The smallest absolute Gasteiger partial charge is 0.355 e. The largest absolute Gasteiger partial charge is 0.393 e. The van der Waals surface area contributed by atoms with Gasteiger partial charge in [-0.25, -0.2) is 18.3 Å². The number of nitrogens with one attached hydrogen (secondary N) is 1. The summed E-state index contributed by atoms with van der Waals surface area (Å²) in [6.07, 6.45) is -2.69. The minimum atomic E-state index is -4.36. The predicted molar refractivity (Wildman–Crippen MR) is 101 cm³/mol. The molecule has 2 aromatic rings. The van der Waals surface area contributed by atoms with E-state index in [-0.39, 0.29) is 31.6 Å². The molecule has 0 aromatic carbocycles. The minimum absolute atomic E-state index is 0.0750. The fourth-order valence-corrected chi connectivity index (χ4v) is 4.45. The lowest BCUT2D eigenvalue weighted by molar-refractivity contribution is -0.183. The number of amides is 1. The Hall–Kier alpha value is -2.30. The zero-order valence-electron chi connectivity index (χ0n) is 16.7. The van der Waals surface area contributed by atoms with Crippen LogP contribution in [0.3, 0.4) is 0 Å². The van der Waals surface area contributed by atoms with Gasteiger partial charge in [-0.05, 0) is 37.3 Å². The van der Waals surface area contributed by atoms with Crippen LogP contribution in [-0.2, 0) is 11.2 Å². The van der Waals surface area contributed by atoms with E-state index in [9.17, 15) is 26.7 Å². The van der Waals surface area contributed by atoms with Crippen molar-refractivity contribution in [3.63, 3.8) is 0 Å². The van der Waals surface area contributed by atoms with Crippen LogP contribution in [0, 0.1) is 17.8 Å². The molecule has 11 heteroatoms. The fourth-order valence-electron chi connectivity index (χ4n) is 4.45. The number of nitrogens with two attached hydrogens (primary N) is 1. The van der Waals surface area contributed by atoms with Gasteiger partial charge in [-0.1, -0.05) is 0 Å². The molecule has 1 saturated carbocycles. The number of alkyl halides is 5. The monoisotopic (exact) mass is 445 g/mol. The van der Waals surface area contributed by atoms with Gasteiger partial charge in [0, 0.05) is 31.7 Å². The molecule has 170 valence electrons. The number of hydrogen-bond acceptors (Lipinski definition) is 4. The third-order valence-electron chi connectivity index (χ3n) is 6.39. The van der Waals surface area contributed by atoms with Crippen LogP contribution in [0.25, 0.3) is 5.65 Å². The van der Waals surface area contributed by atoms with E-state index < -0.39 is 42.4 Å². The molecular formula is C20H24F5N5O.